The molecule has 17 heavy (non-hydrogen) atoms. The summed E-state index contributed by atoms with van der Waals surface area (Å²) in [6, 6.07) is 5.98. The van der Waals surface area contributed by atoms with Crippen LogP contribution >= 0.6 is 0 Å². The normalized spacial score (nSPS) is 10.5. The number of rotatable bonds is 5. The molecule has 0 saturated heterocycles. The molecule has 0 saturated carbocycles. The van der Waals surface area contributed by atoms with Crippen LogP contribution in [0.2, 0.25) is 0 Å². The van der Waals surface area contributed by atoms with Crippen molar-refractivity contribution in [2.45, 2.75) is 20.3 Å². The Hall–Kier alpha value is -1.28. The third-order valence-electron chi connectivity index (χ3n) is 2.11. The van der Waals surface area contributed by atoms with Crippen LogP contribution in [-0.2, 0) is 16.0 Å². The Balaban J connectivity index is 2.65. The molecule has 4 nitrogen and oxygen atoms in total. The van der Waals surface area contributed by atoms with Gasteiger partial charge in [-0.1, -0.05) is 0 Å². The van der Waals surface area contributed by atoms with Gasteiger partial charge >= 0.3 is 110 Å². The van der Waals surface area contributed by atoms with Crippen molar-refractivity contribution in [1.29, 1.82) is 0 Å². The van der Waals surface area contributed by atoms with E-state index in [1.165, 1.54) is 0 Å². The summed E-state index contributed by atoms with van der Waals surface area (Å²) in [4.78, 5) is 11.0. The molecule has 0 bridgehead atoms. The van der Waals surface area contributed by atoms with E-state index in [2.05, 4.69) is 40.4 Å². The van der Waals surface area contributed by atoms with Gasteiger partial charge in [0.1, 0.15) is 0 Å². The summed E-state index contributed by atoms with van der Waals surface area (Å²) in [5.74, 6) is -0.443. The number of aryl methyl sites for hydroxylation is 1. The molecule has 1 N–H and O–H groups in total. The Morgan fingerprint density at radius 3 is 2.94 bits per heavy atom. The number of nitrogens with one attached hydrogen (secondary N) is 1. The summed E-state index contributed by atoms with van der Waals surface area (Å²) in [5, 5.41) is 3.84. The number of carbonyl (C=O) groups excluding carboxylic acids is 1. The number of hydrazone groups is 1. The SMILES string of the molecule is CCOC(=O)/C=N/Nc1ccc([As])cc1CC. The molecule has 0 aliphatic heterocycles. The van der Waals surface area contributed by atoms with Crippen molar-refractivity contribution >= 4 is 39.1 Å². The van der Waals surface area contributed by atoms with Gasteiger partial charge in [-0.05, 0) is 0 Å². The van der Waals surface area contributed by atoms with Gasteiger partial charge < -0.3 is 0 Å². The number of hydrogen-bond acceptors (Lipinski definition) is 4. The fraction of sp³-hybridized carbons (Fsp3) is 0.333. The summed E-state index contributed by atoms with van der Waals surface area (Å²) in [6.45, 7) is 4.18. The molecule has 1 aromatic carbocycles. The monoisotopic (exact) mass is 294 g/mol. The number of esters is 1. The topological polar surface area (TPSA) is 50.7 Å². The fourth-order valence-corrected chi connectivity index (χ4v) is 1.80. The summed E-state index contributed by atoms with van der Waals surface area (Å²) in [7, 11) is 0. The molecule has 90 valence electrons. The van der Waals surface area contributed by atoms with Crippen molar-refractivity contribution in [3.05, 3.63) is 23.8 Å². The standard InChI is InChI=1S/C12H15AsN2O2/c1-3-9-7-10(13)5-6-11(9)15-14-8-12(16)17-4-2/h5-8,15H,3-4H2,1-2H3/b14-8+. The first kappa shape index (κ1) is 13.8. The van der Waals surface area contributed by atoms with Crippen LogP contribution in [0.5, 0.6) is 0 Å². The molecule has 0 heterocycles. The first-order valence-electron chi connectivity index (χ1n) is 5.45. The van der Waals surface area contributed by atoms with E-state index < -0.39 is 5.97 Å². The van der Waals surface area contributed by atoms with Crippen LogP contribution in [0.15, 0.2) is 23.3 Å². The number of nitrogens with zero attached hydrogens (tertiary/aromatic N) is 1. The Morgan fingerprint density at radius 1 is 1.53 bits per heavy atom. The second kappa shape index (κ2) is 7.12. The number of hydrogen-bond donors (Lipinski definition) is 1. The molecule has 0 atom stereocenters. The van der Waals surface area contributed by atoms with E-state index in [0.29, 0.717) is 6.61 Å². The van der Waals surface area contributed by atoms with Crippen LogP contribution in [0.4, 0.5) is 5.69 Å². The van der Waals surface area contributed by atoms with Gasteiger partial charge in [0.15, 0.2) is 0 Å². The van der Waals surface area contributed by atoms with Gasteiger partial charge in [-0.2, -0.15) is 0 Å². The molecule has 1 rings (SSSR count). The molecule has 5 heteroatoms. The number of carbonyl (C=O) groups is 1. The molecule has 0 fully saturated rings. The van der Waals surface area contributed by atoms with Crippen molar-refractivity contribution in [3.8, 4) is 0 Å². The molecule has 0 unspecified atom stereocenters. The van der Waals surface area contributed by atoms with Crippen LogP contribution in [0, 0.1) is 0 Å². The average molecular weight is 294 g/mol. The van der Waals surface area contributed by atoms with E-state index in [4.69, 9.17) is 4.74 Å². The molecule has 0 aliphatic carbocycles. The summed E-state index contributed by atoms with van der Waals surface area (Å²) in [5.41, 5.74) is 4.90. The predicted molar refractivity (Wildman–Crippen MR) is 70.0 cm³/mol. The van der Waals surface area contributed by atoms with Gasteiger partial charge in [-0.25, -0.2) is 0 Å². The second-order valence-corrected chi connectivity index (χ2v) is 4.40. The van der Waals surface area contributed by atoms with Crippen molar-refractivity contribution in [3.63, 3.8) is 0 Å². The maximum absolute atomic E-state index is 11.0. The van der Waals surface area contributed by atoms with Crippen molar-refractivity contribution in [1.82, 2.24) is 0 Å². The zero-order chi connectivity index (χ0) is 12.7. The second-order valence-electron chi connectivity index (χ2n) is 3.32. The van der Waals surface area contributed by atoms with Gasteiger partial charge in [0.05, 0.1) is 0 Å². The zero-order valence-corrected chi connectivity index (χ0v) is 11.8. The molecule has 0 amide bonds. The van der Waals surface area contributed by atoms with Crippen LogP contribution < -0.4 is 9.78 Å². The van der Waals surface area contributed by atoms with Crippen LogP contribution in [-0.4, -0.2) is 35.6 Å². The van der Waals surface area contributed by atoms with Gasteiger partial charge in [-0.3, -0.25) is 0 Å². The number of benzene rings is 1. The Morgan fingerprint density at radius 2 is 2.29 bits per heavy atom. The maximum atomic E-state index is 11.0. The third kappa shape index (κ3) is 4.61. The van der Waals surface area contributed by atoms with Crippen molar-refractivity contribution < 1.29 is 9.53 Å². The van der Waals surface area contributed by atoms with Crippen molar-refractivity contribution in [2.75, 3.05) is 12.0 Å². The minimum absolute atomic E-state index is 0.355. The van der Waals surface area contributed by atoms with Crippen LogP contribution in [0.3, 0.4) is 0 Å². The Kier molecular flexibility index (Phi) is 5.78. The van der Waals surface area contributed by atoms with Crippen LogP contribution in [0.25, 0.3) is 0 Å². The average Bonchev–Trinajstić information content (AvgIpc) is 2.31. The number of ether oxygens (including phenoxy) is 1. The van der Waals surface area contributed by atoms with Gasteiger partial charge in [-0.15, -0.1) is 0 Å². The molecular formula is C12H15AsN2O2. The first-order valence-corrected chi connectivity index (χ1v) is 6.39. The van der Waals surface area contributed by atoms with Gasteiger partial charge in [0, 0.05) is 0 Å². The van der Waals surface area contributed by atoms with E-state index in [-0.39, 0.29) is 0 Å². The predicted octanol–water partition coefficient (Wildman–Crippen LogP) is 1.00. The van der Waals surface area contributed by atoms with E-state index in [0.717, 1.165) is 28.2 Å². The van der Waals surface area contributed by atoms with E-state index >= 15 is 0 Å². The molecule has 0 spiro atoms. The molecule has 2 radical (unpaired) electrons. The number of anilines is 1. The molecule has 1 aromatic rings. The summed E-state index contributed by atoms with van der Waals surface area (Å²) < 4.78 is 5.87. The Labute approximate surface area is 110 Å². The summed E-state index contributed by atoms with van der Waals surface area (Å²) in [6.07, 6.45) is 2.04. The molecule has 0 aromatic heterocycles. The zero-order valence-electron chi connectivity index (χ0n) is 9.93. The van der Waals surface area contributed by atoms with E-state index in [1.54, 1.807) is 6.92 Å². The van der Waals surface area contributed by atoms with E-state index in [9.17, 15) is 4.79 Å². The van der Waals surface area contributed by atoms with Gasteiger partial charge in [0.2, 0.25) is 0 Å². The van der Waals surface area contributed by atoms with Gasteiger partial charge in [0.25, 0.3) is 0 Å². The molecule has 0 aliphatic rings. The third-order valence-corrected chi connectivity index (χ3v) is 2.69. The van der Waals surface area contributed by atoms with Crippen LogP contribution in [0.1, 0.15) is 19.4 Å². The quantitative estimate of drug-likeness (QED) is 0.381. The van der Waals surface area contributed by atoms with E-state index in [1.807, 2.05) is 12.1 Å². The summed E-state index contributed by atoms with van der Waals surface area (Å²) >= 11 is 2.50. The first-order chi connectivity index (χ1) is 8.17. The Bertz CT molecular complexity index is 419. The van der Waals surface area contributed by atoms with Crippen molar-refractivity contribution in [2.24, 2.45) is 5.10 Å². The minimum atomic E-state index is -0.443. The molecular weight excluding hydrogens is 279 g/mol. The fourth-order valence-electron chi connectivity index (χ4n) is 1.32.